The molecule has 2 aliphatic rings. The highest BCUT2D eigenvalue weighted by molar-refractivity contribution is 5.92. The molecule has 9 heteroatoms. The van der Waals surface area contributed by atoms with Crippen molar-refractivity contribution in [2.24, 2.45) is 0 Å². The normalized spacial score (nSPS) is 22.8. The summed E-state index contributed by atoms with van der Waals surface area (Å²) < 4.78 is 22.1. The van der Waals surface area contributed by atoms with Crippen LogP contribution in [0, 0.1) is 0 Å². The van der Waals surface area contributed by atoms with Gasteiger partial charge in [0.15, 0.2) is 0 Å². The first-order valence-electron chi connectivity index (χ1n) is 11.3. The number of ether oxygens (including phenoxy) is 4. The van der Waals surface area contributed by atoms with Gasteiger partial charge in [-0.25, -0.2) is 0 Å². The molecule has 1 fully saturated rings. The van der Waals surface area contributed by atoms with E-state index in [1.807, 2.05) is 30.3 Å². The van der Waals surface area contributed by atoms with Crippen molar-refractivity contribution in [3.05, 3.63) is 53.6 Å². The van der Waals surface area contributed by atoms with Gasteiger partial charge in [0.05, 0.1) is 26.2 Å². The summed E-state index contributed by atoms with van der Waals surface area (Å²) in [6, 6.07) is 13.0. The molecular formula is C25H30N2O7. The van der Waals surface area contributed by atoms with Gasteiger partial charge in [0.2, 0.25) is 11.8 Å². The van der Waals surface area contributed by atoms with Crippen LogP contribution in [-0.2, 0) is 25.6 Å². The Kier molecular flexibility index (Phi) is 7.66. The predicted octanol–water partition coefficient (Wildman–Crippen LogP) is 1.98. The third-order valence-corrected chi connectivity index (χ3v) is 6.12. The van der Waals surface area contributed by atoms with Gasteiger partial charge in [0.1, 0.15) is 30.3 Å². The molecule has 0 unspecified atom stereocenters. The average molecular weight is 471 g/mol. The number of aliphatic hydroxyl groups is 1. The van der Waals surface area contributed by atoms with Crippen LogP contribution in [0.1, 0.15) is 29.9 Å². The number of aliphatic hydroxyl groups excluding tert-OH is 1. The zero-order chi connectivity index (χ0) is 24.1. The van der Waals surface area contributed by atoms with E-state index in [4.69, 9.17) is 18.9 Å². The molecule has 4 rings (SSSR count). The fraction of sp³-hybridized carbons (Fsp3) is 0.440. The van der Waals surface area contributed by atoms with E-state index in [2.05, 4.69) is 10.6 Å². The van der Waals surface area contributed by atoms with Gasteiger partial charge in [0.25, 0.3) is 0 Å². The van der Waals surface area contributed by atoms with E-state index < -0.39 is 6.10 Å². The van der Waals surface area contributed by atoms with E-state index in [-0.39, 0.29) is 49.6 Å². The molecule has 3 N–H and O–H groups in total. The second-order valence-corrected chi connectivity index (χ2v) is 8.47. The van der Waals surface area contributed by atoms with E-state index >= 15 is 0 Å². The fourth-order valence-electron chi connectivity index (χ4n) is 4.52. The van der Waals surface area contributed by atoms with Crippen LogP contribution in [0.15, 0.2) is 42.5 Å². The minimum absolute atomic E-state index is 0.0340. The Labute approximate surface area is 198 Å². The average Bonchev–Trinajstić information content (AvgIpc) is 3.20. The van der Waals surface area contributed by atoms with E-state index in [1.54, 1.807) is 19.2 Å². The number of carbonyl (C=O) groups excluding carboxylic acids is 2. The van der Waals surface area contributed by atoms with Crippen molar-refractivity contribution in [3.63, 3.8) is 0 Å². The number of fused-ring (bicyclic) bond motifs is 3. The summed E-state index contributed by atoms with van der Waals surface area (Å²) in [5, 5.41) is 15.6. The van der Waals surface area contributed by atoms with E-state index in [1.165, 1.54) is 7.11 Å². The number of benzene rings is 2. The molecule has 0 bridgehead atoms. The van der Waals surface area contributed by atoms with Crippen molar-refractivity contribution in [1.29, 1.82) is 0 Å². The number of anilines is 1. The molecule has 0 aromatic heterocycles. The number of hydrogen-bond acceptors (Lipinski definition) is 7. The van der Waals surface area contributed by atoms with Crippen molar-refractivity contribution in [2.75, 3.05) is 32.8 Å². The van der Waals surface area contributed by atoms with Gasteiger partial charge in [-0.1, -0.05) is 12.1 Å². The van der Waals surface area contributed by atoms with Crippen LogP contribution in [0.4, 0.5) is 5.69 Å². The van der Waals surface area contributed by atoms with Crippen molar-refractivity contribution in [1.82, 2.24) is 5.32 Å². The van der Waals surface area contributed by atoms with Crippen LogP contribution in [0.25, 0.3) is 0 Å². The Morgan fingerprint density at radius 2 is 1.91 bits per heavy atom. The fourth-order valence-corrected chi connectivity index (χ4v) is 4.52. The molecule has 0 spiro atoms. The molecule has 34 heavy (non-hydrogen) atoms. The third kappa shape index (κ3) is 5.49. The van der Waals surface area contributed by atoms with Crippen molar-refractivity contribution < 1.29 is 33.6 Å². The van der Waals surface area contributed by atoms with Gasteiger partial charge < -0.3 is 34.7 Å². The van der Waals surface area contributed by atoms with E-state index in [0.717, 1.165) is 16.9 Å². The van der Waals surface area contributed by atoms with Crippen LogP contribution < -0.4 is 20.1 Å². The maximum absolute atomic E-state index is 12.6. The molecule has 182 valence electrons. The van der Waals surface area contributed by atoms with Crippen LogP contribution in [0.3, 0.4) is 0 Å². The minimum atomic E-state index is -0.544. The van der Waals surface area contributed by atoms with Gasteiger partial charge in [-0.3, -0.25) is 9.59 Å². The molecule has 0 aliphatic carbocycles. The van der Waals surface area contributed by atoms with Gasteiger partial charge in [-0.05, 0) is 42.3 Å². The van der Waals surface area contributed by atoms with Crippen LogP contribution in [-0.4, -0.2) is 62.7 Å². The molecule has 0 radical (unpaired) electrons. The first kappa shape index (κ1) is 24.0. The number of rotatable bonds is 9. The highest BCUT2D eigenvalue weighted by Crippen LogP contribution is 2.47. The molecule has 2 amide bonds. The molecule has 1 saturated heterocycles. The van der Waals surface area contributed by atoms with Crippen molar-refractivity contribution in [2.45, 2.75) is 43.6 Å². The summed E-state index contributed by atoms with van der Waals surface area (Å²) in [6.45, 7) is 0.159. The second kappa shape index (κ2) is 10.9. The first-order valence-corrected chi connectivity index (χ1v) is 11.3. The molecule has 2 aromatic carbocycles. The van der Waals surface area contributed by atoms with Crippen LogP contribution >= 0.6 is 0 Å². The largest absolute Gasteiger partial charge is 0.497 e. The number of hydrogen-bond donors (Lipinski definition) is 3. The minimum Gasteiger partial charge on any atom is -0.497 e. The Morgan fingerprint density at radius 1 is 1.12 bits per heavy atom. The molecule has 2 aliphatic heterocycles. The topological polar surface area (TPSA) is 115 Å². The Balaban J connectivity index is 1.39. The number of amides is 2. The van der Waals surface area contributed by atoms with Crippen LogP contribution in [0.5, 0.6) is 11.5 Å². The van der Waals surface area contributed by atoms with Gasteiger partial charge >= 0.3 is 0 Å². The Bertz CT molecular complexity index is 1010. The highest BCUT2D eigenvalue weighted by Gasteiger charge is 2.46. The van der Waals surface area contributed by atoms with Crippen molar-refractivity contribution in [3.8, 4) is 11.5 Å². The molecule has 2 heterocycles. The van der Waals surface area contributed by atoms with Gasteiger partial charge in [-0.15, -0.1) is 0 Å². The van der Waals surface area contributed by atoms with Gasteiger partial charge in [0, 0.05) is 30.8 Å². The maximum atomic E-state index is 12.6. The second-order valence-electron chi connectivity index (χ2n) is 8.47. The number of methoxy groups -OCH3 is 2. The van der Waals surface area contributed by atoms with E-state index in [0.29, 0.717) is 24.4 Å². The lowest BCUT2D eigenvalue weighted by molar-refractivity contribution is -0.142. The summed E-state index contributed by atoms with van der Waals surface area (Å²) in [5.41, 5.74) is 2.55. The van der Waals surface area contributed by atoms with Gasteiger partial charge in [-0.2, -0.15) is 0 Å². The Hall–Kier alpha value is -3.14. The van der Waals surface area contributed by atoms with E-state index in [9.17, 15) is 14.7 Å². The summed E-state index contributed by atoms with van der Waals surface area (Å²) in [5.74, 6) is 1.03. The Morgan fingerprint density at radius 3 is 2.62 bits per heavy atom. The highest BCUT2D eigenvalue weighted by atomic mass is 16.6. The summed E-state index contributed by atoms with van der Waals surface area (Å²) >= 11 is 0. The van der Waals surface area contributed by atoms with Crippen LogP contribution in [0.2, 0.25) is 0 Å². The van der Waals surface area contributed by atoms with Crippen molar-refractivity contribution >= 4 is 17.5 Å². The number of nitrogens with one attached hydrogen (secondary N) is 2. The third-order valence-electron chi connectivity index (χ3n) is 6.12. The number of carbonyl (C=O) groups is 2. The maximum Gasteiger partial charge on any atom is 0.250 e. The predicted molar refractivity (Wildman–Crippen MR) is 124 cm³/mol. The monoisotopic (exact) mass is 470 g/mol. The lowest BCUT2D eigenvalue weighted by atomic mass is 9.84. The molecule has 9 nitrogen and oxygen atoms in total. The first-order chi connectivity index (χ1) is 16.5. The SMILES string of the molecule is COCC(=O)Nc1ccc2c(c1)[C@H]1C[C@H](CC(=O)NCc3ccc(OC)cc3)O[C@@H](CO)[C@H]1O2. The molecule has 2 aromatic rings. The summed E-state index contributed by atoms with van der Waals surface area (Å²) in [4.78, 5) is 24.5. The summed E-state index contributed by atoms with van der Waals surface area (Å²) in [6.07, 6.45) is -0.508. The molecule has 4 atom stereocenters. The molecule has 0 saturated carbocycles. The lowest BCUT2D eigenvalue weighted by Gasteiger charge is -2.37. The summed E-state index contributed by atoms with van der Waals surface area (Å²) in [7, 11) is 3.07. The zero-order valence-corrected chi connectivity index (χ0v) is 19.3. The molecular weight excluding hydrogens is 440 g/mol. The lowest BCUT2D eigenvalue weighted by Crippen LogP contribution is -2.47. The quantitative estimate of drug-likeness (QED) is 0.513. The zero-order valence-electron chi connectivity index (χ0n) is 19.3. The smallest absolute Gasteiger partial charge is 0.250 e. The standard InChI is InChI=1S/C25H30N2O7/c1-31-14-24(30)27-16-5-8-21-19(9-16)20-10-18(33-22(13-28)25(20)34-21)11-23(29)26-12-15-3-6-17(32-2)7-4-15/h3-9,18,20,22,25,28H,10-14H2,1-2H3,(H,26,29)(H,27,30)/t18-,20-,22+,25+/m1/s1.